The SMILES string of the molecule is CC(=O)N[C@@]12Oc3ccccc3[C@@H](C#Cc3ccccc3)[C@@H]1CSc1ccccc12. The molecule has 0 saturated heterocycles. The van der Waals surface area contributed by atoms with Crippen molar-refractivity contribution >= 4 is 17.7 Å². The molecule has 0 radical (unpaired) electrons. The Bertz CT molecular complexity index is 1160. The summed E-state index contributed by atoms with van der Waals surface area (Å²) in [5, 5.41) is 3.18. The molecule has 3 nitrogen and oxygen atoms in total. The van der Waals surface area contributed by atoms with Gasteiger partial charge in [0.15, 0.2) is 0 Å². The van der Waals surface area contributed by atoms with Crippen LogP contribution in [0.2, 0.25) is 0 Å². The van der Waals surface area contributed by atoms with Gasteiger partial charge in [-0.3, -0.25) is 4.79 Å². The van der Waals surface area contributed by atoms with Gasteiger partial charge < -0.3 is 10.1 Å². The maximum absolute atomic E-state index is 12.3. The van der Waals surface area contributed by atoms with Gasteiger partial charge in [-0.2, -0.15) is 0 Å². The minimum atomic E-state index is -0.932. The number of hydrogen-bond donors (Lipinski definition) is 1. The Hall–Kier alpha value is -3.16. The Morgan fingerprint density at radius 2 is 1.77 bits per heavy atom. The molecule has 3 aromatic carbocycles. The largest absolute Gasteiger partial charge is 0.463 e. The summed E-state index contributed by atoms with van der Waals surface area (Å²) in [6.45, 7) is 1.55. The number of rotatable bonds is 1. The average molecular weight is 412 g/mol. The number of thioether (sulfide) groups is 1. The molecule has 0 saturated carbocycles. The summed E-state index contributed by atoms with van der Waals surface area (Å²) in [6, 6.07) is 26.2. The zero-order chi connectivity index (χ0) is 20.6. The van der Waals surface area contributed by atoms with Gasteiger partial charge in [0.1, 0.15) is 5.75 Å². The quantitative estimate of drug-likeness (QED) is 0.578. The highest BCUT2D eigenvalue weighted by Gasteiger charge is 2.54. The fourth-order valence-electron chi connectivity index (χ4n) is 4.39. The van der Waals surface area contributed by atoms with Crippen LogP contribution in [0.5, 0.6) is 5.75 Å². The number of nitrogens with one attached hydrogen (secondary N) is 1. The number of fused-ring (bicyclic) bond motifs is 4. The van der Waals surface area contributed by atoms with E-state index in [4.69, 9.17) is 4.74 Å². The second-order valence-corrected chi connectivity index (χ2v) is 8.65. The Morgan fingerprint density at radius 3 is 2.60 bits per heavy atom. The standard InChI is InChI=1S/C26H21NO2S/c1-18(28)27-26-22-12-6-8-14-25(22)30-17-23(26)20(16-15-19-9-3-2-4-10-19)21-11-5-7-13-24(21)29-26/h2-14,20,23H,17H2,1H3,(H,27,28)/t20-,23+,26+/m1/s1. The van der Waals surface area contributed by atoms with E-state index >= 15 is 0 Å². The molecular formula is C26H21NO2S. The van der Waals surface area contributed by atoms with E-state index in [0.717, 1.165) is 33.1 Å². The Kier molecular flexibility index (Phi) is 4.77. The molecule has 2 heterocycles. The van der Waals surface area contributed by atoms with Gasteiger partial charge in [-0.1, -0.05) is 66.4 Å². The van der Waals surface area contributed by atoms with Crippen LogP contribution in [0.1, 0.15) is 29.5 Å². The van der Waals surface area contributed by atoms with Crippen LogP contribution in [0, 0.1) is 17.8 Å². The first-order valence-electron chi connectivity index (χ1n) is 10.0. The Balaban J connectivity index is 1.70. The molecule has 0 aromatic heterocycles. The van der Waals surface area contributed by atoms with Gasteiger partial charge in [-0.15, -0.1) is 11.8 Å². The van der Waals surface area contributed by atoms with Gasteiger partial charge in [0.2, 0.25) is 11.6 Å². The van der Waals surface area contributed by atoms with Crippen LogP contribution in [0.25, 0.3) is 0 Å². The Labute approximate surface area is 180 Å². The van der Waals surface area contributed by atoms with E-state index in [1.165, 1.54) is 0 Å². The fraction of sp³-hybridized carbons (Fsp3) is 0.192. The molecule has 3 aromatic rings. The molecule has 2 aliphatic heterocycles. The van der Waals surface area contributed by atoms with Crippen LogP contribution in [-0.2, 0) is 10.5 Å². The maximum atomic E-state index is 12.3. The van der Waals surface area contributed by atoms with Gasteiger partial charge in [0.25, 0.3) is 0 Å². The van der Waals surface area contributed by atoms with E-state index in [1.54, 1.807) is 18.7 Å². The molecule has 148 valence electrons. The number of hydrogen-bond acceptors (Lipinski definition) is 3. The third-order valence-corrected chi connectivity index (χ3v) is 6.86. The summed E-state index contributed by atoms with van der Waals surface area (Å²) in [7, 11) is 0. The van der Waals surface area contributed by atoms with Gasteiger partial charge in [-0.25, -0.2) is 0 Å². The number of amides is 1. The van der Waals surface area contributed by atoms with E-state index in [9.17, 15) is 4.79 Å². The molecule has 1 N–H and O–H groups in total. The van der Waals surface area contributed by atoms with Crippen LogP contribution < -0.4 is 10.1 Å². The van der Waals surface area contributed by atoms with E-state index in [0.29, 0.717) is 0 Å². The minimum absolute atomic E-state index is 0.0209. The topological polar surface area (TPSA) is 38.3 Å². The lowest BCUT2D eigenvalue weighted by molar-refractivity contribution is -0.130. The molecule has 0 aliphatic carbocycles. The lowest BCUT2D eigenvalue weighted by Gasteiger charge is -2.50. The van der Waals surface area contributed by atoms with Crippen molar-refractivity contribution < 1.29 is 9.53 Å². The van der Waals surface area contributed by atoms with Gasteiger partial charge in [-0.05, 0) is 24.3 Å². The summed E-state index contributed by atoms with van der Waals surface area (Å²) in [5.74, 6) is 8.26. The summed E-state index contributed by atoms with van der Waals surface area (Å²) in [5.41, 5.74) is 2.13. The average Bonchev–Trinajstić information content (AvgIpc) is 2.77. The highest BCUT2D eigenvalue weighted by Crippen LogP contribution is 2.54. The van der Waals surface area contributed by atoms with E-state index in [1.807, 2.05) is 60.7 Å². The van der Waals surface area contributed by atoms with Crippen molar-refractivity contribution in [2.45, 2.75) is 23.5 Å². The minimum Gasteiger partial charge on any atom is -0.463 e. The Morgan fingerprint density at radius 1 is 1.03 bits per heavy atom. The third-order valence-electron chi connectivity index (χ3n) is 5.66. The first kappa shape index (κ1) is 18.8. The lowest BCUT2D eigenvalue weighted by atomic mass is 9.74. The highest BCUT2D eigenvalue weighted by atomic mass is 32.2. The van der Waals surface area contributed by atoms with Crippen molar-refractivity contribution in [2.75, 3.05) is 5.75 Å². The molecule has 5 rings (SSSR count). The number of ether oxygens (including phenoxy) is 1. The van der Waals surface area contributed by atoms with E-state index < -0.39 is 5.72 Å². The molecule has 0 unspecified atom stereocenters. The van der Waals surface area contributed by atoms with Gasteiger partial charge in [0, 0.05) is 34.3 Å². The van der Waals surface area contributed by atoms with Crippen molar-refractivity contribution in [1.82, 2.24) is 5.32 Å². The summed E-state index contributed by atoms with van der Waals surface area (Å²) >= 11 is 1.80. The molecule has 0 fully saturated rings. The third kappa shape index (κ3) is 3.16. The molecule has 30 heavy (non-hydrogen) atoms. The second-order valence-electron chi connectivity index (χ2n) is 7.58. The molecule has 0 spiro atoms. The van der Waals surface area contributed by atoms with Gasteiger partial charge in [0.05, 0.1) is 11.8 Å². The predicted octanol–water partition coefficient (Wildman–Crippen LogP) is 4.93. The molecule has 1 amide bonds. The van der Waals surface area contributed by atoms with Crippen molar-refractivity contribution in [1.29, 1.82) is 0 Å². The monoisotopic (exact) mass is 411 g/mol. The van der Waals surface area contributed by atoms with E-state index in [2.05, 4.69) is 35.4 Å². The molecule has 4 heteroatoms. The van der Waals surface area contributed by atoms with E-state index in [-0.39, 0.29) is 17.7 Å². The van der Waals surface area contributed by atoms with Gasteiger partial charge >= 0.3 is 0 Å². The number of carbonyl (C=O) groups is 1. The fourth-order valence-corrected chi connectivity index (χ4v) is 5.72. The van der Waals surface area contributed by atoms with Crippen molar-refractivity contribution in [3.05, 3.63) is 95.6 Å². The van der Waals surface area contributed by atoms with Crippen LogP contribution in [0.3, 0.4) is 0 Å². The molecular weight excluding hydrogens is 390 g/mol. The molecule has 0 bridgehead atoms. The first-order chi connectivity index (χ1) is 14.7. The van der Waals surface area contributed by atoms with Crippen LogP contribution >= 0.6 is 11.8 Å². The molecule has 3 atom stereocenters. The zero-order valence-corrected chi connectivity index (χ0v) is 17.4. The zero-order valence-electron chi connectivity index (χ0n) is 16.6. The smallest absolute Gasteiger partial charge is 0.220 e. The van der Waals surface area contributed by atoms with Crippen LogP contribution in [0.15, 0.2) is 83.8 Å². The number of para-hydroxylation sites is 1. The summed E-state index contributed by atoms with van der Waals surface area (Å²) in [4.78, 5) is 13.5. The van der Waals surface area contributed by atoms with Crippen molar-refractivity contribution in [2.24, 2.45) is 5.92 Å². The van der Waals surface area contributed by atoms with Crippen molar-refractivity contribution in [3.63, 3.8) is 0 Å². The second kappa shape index (κ2) is 7.59. The van der Waals surface area contributed by atoms with Crippen LogP contribution in [0.4, 0.5) is 0 Å². The normalized spacial score (nSPS) is 23.5. The maximum Gasteiger partial charge on any atom is 0.220 e. The van der Waals surface area contributed by atoms with Crippen molar-refractivity contribution in [3.8, 4) is 17.6 Å². The lowest BCUT2D eigenvalue weighted by Crippen LogP contribution is -2.60. The number of carbonyl (C=O) groups excluding carboxylic acids is 1. The highest BCUT2D eigenvalue weighted by molar-refractivity contribution is 7.99. The van der Waals surface area contributed by atoms with Crippen LogP contribution in [-0.4, -0.2) is 11.7 Å². The summed E-state index contributed by atoms with van der Waals surface area (Å²) < 4.78 is 6.63. The number of benzene rings is 3. The molecule has 2 aliphatic rings. The first-order valence-corrected chi connectivity index (χ1v) is 11.0. The summed E-state index contributed by atoms with van der Waals surface area (Å²) in [6.07, 6.45) is 0. The predicted molar refractivity (Wildman–Crippen MR) is 119 cm³/mol.